The van der Waals surface area contributed by atoms with Gasteiger partial charge in [-0.3, -0.25) is 14.6 Å². The fourth-order valence-corrected chi connectivity index (χ4v) is 4.22. The van der Waals surface area contributed by atoms with Gasteiger partial charge in [0.15, 0.2) is 18.1 Å². The minimum absolute atomic E-state index is 0.0102. The number of benzene rings is 2. The van der Waals surface area contributed by atoms with Crippen LogP contribution < -0.4 is 20.5 Å². The second kappa shape index (κ2) is 13.6. The van der Waals surface area contributed by atoms with E-state index in [0.29, 0.717) is 5.57 Å². The molecule has 0 spiro atoms. The Labute approximate surface area is 250 Å². The number of alkyl halides is 3. The second-order valence-electron chi connectivity index (χ2n) is 9.79. The predicted molar refractivity (Wildman–Crippen MR) is 151 cm³/mol. The zero-order valence-electron chi connectivity index (χ0n) is 23.6. The summed E-state index contributed by atoms with van der Waals surface area (Å²) in [5.41, 5.74) is 0.869. The normalized spacial score (nSPS) is 16.8. The first-order chi connectivity index (χ1) is 20.1. The number of primary amides is 1. The van der Waals surface area contributed by atoms with Gasteiger partial charge in [-0.1, -0.05) is 31.5 Å². The number of carbonyl (C=O) groups is 2. The van der Waals surface area contributed by atoms with Crippen LogP contribution in [0.2, 0.25) is 5.02 Å². The maximum absolute atomic E-state index is 14.6. The van der Waals surface area contributed by atoms with Crippen molar-refractivity contribution < 1.29 is 46.5 Å². The van der Waals surface area contributed by atoms with Crippen molar-refractivity contribution in [1.29, 1.82) is 0 Å². The number of nitrogens with zero attached hydrogens (tertiary/aromatic N) is 1. The molecule has 0 saturated carbocycles. The number of hydrogen-bond acceptors (Lipinski definition) is 7. The first-order valence-corrected chi connectivity index (χ1v) is 13.2. The molecule has 14 heteroatoms. The van der Waals surface area contributed by atoms with Crippen LogP contribution in [0.5, 0.6) is 11.5 Å². The number of ether oxygens (including phenoxy) is 3. The van der Waals surface area contributed by atoms with Crippen LogP contribution in [0, 0.1) is 11.7 Å². The largest absolute Gasteiger partial charge is 0.493 e. The zero-order chi connectivity index (χ0) is 32.1. The monoisotopic (exact) mass is 627 g/mol. The average Bonchev–Trinajstić information content (AvgIpc) is 3.16. The number of carbonyl (C=O) groups excluding carboxylic acids is 2. The standard InChI is InChI=1S/C29H30ClF4N3O6/c1-15(2)18-11-23(42-4)26(16-5-7-20(31)19(30)9-16)37-24(12-18)28(40,29(32,33)34)14-36-27(39)17-6-8-21(22(10-17)41-3)43-13-25(35)38/h5-12,15,23,40H,13-14H2,1-4H3,(H2,35,38)(H,36,39). The van der Waals surface area contributed by atoms with E-state index in [-0.39, 0.29) is 39.3 Å². The van der Waals surface area contributed by atoms with Crippen molar-refractivity contribution in [1.82, 2.24) is 5.32 Å². The van der Waals surface area contributed by atoms with E-state index < -0.39 is 54.4 Å². The van der Waals surface area contributed by atoms with Gasteiger partial charge in [0.2, 0.25) is 5.60 Å². The first-order valence-electron chi connectivity index (χ1n) is 12.8. The molecule has 0 aromatic heterocycles. The van der Waals surface area contributed by atoms with E-state index in [2.05, 4.69) is 10.3 Å². The zero-order valence-corrected chi connectivity index (χ0v) is 24.3. The lowest BCUT2D eigenvalue weighted by Crippen LogP contribution is -2.54. The summed E-state index contributed by atoms with van der Waals surface area (Å²) < 4.78 is 73.6. The van der Waals surface area contributed by atoms with Gasteiger partial charge in [-0.15, -0.1) is 0 Å². The predicted octanol–water partition coefficient (Wildman–Crippen LogP) is 4.36. The van der Waals surface area contributed by atoms with Gasteiger partial charge in [-0.25, -0.2) is 4.39 Å². The van der Waals surface area contributed by atoms with Gasteiger partial charge in [0.25, 0.3) is 11.8 Å². The molecule has 0 fully saturated rings. The van der Waals surface area contributed by atoms with E-state index in [1.54, 1.807) is 13.8 Å². The minimum atomic E-state index is -5.32. The Kier molecular flexibility index (Phi) is 10.6. The molecule has 4 N–H and O–H groups in total. The van der Waals surface area contributed by atoms with Crippen molar-refractivity contribution in [3.63, 3.8) is 0 Å². The lowest BCUT2D eigenvalue weighted by Gasteiger charge is -2.31. The number of methoxy groups -OCH3 is 2. The molecule has 9 nitrogen and oxygen atoms in total. The van der Waals surface area contributed by atoms with Gasteiger partial charge in [-0.05, 0) is 54.0 Å². The SMILES string of the molecule is COc1cc(C(=O)NCC(O)(C2=CC(C(C)C)=CC(OC)C(c3ccc(F)c(Cl)c3)=N2)C(F)(F)F)ccc1OCC(N)=O. The molecule has 232 valence electrons. The molecule has 1 heterocycles. The number of amides is 2. The Morgan fingerprint density at radius 3 is 2.40 bits per heavy atom. The molecule has 2 aromatic carbocycles. The molecule has 2 unspecified atom stereocenters. The summed E-state index contributed by atoms with van der Waals surface area (Å²) >= 11 is 5.93. The van der Waals surface area contributed by atoms with Gasteiger partial charge in [0, 0.05) is 18.2 Å². The van der Waals surface area contributed by atoms with Crippen molar-refractivity contribution in [2.24, 2.45) is 16.6 Å². The summed E-state index contributed by atoms with van der Waals surface area (Å²) in [6.07, 6.45) is -3.68. The number of rotatable bonds is 11. The average molecular weight is 628 g/mol. The summed E-state index contributed by atoms with van der Waals surface area (Å²) in [5.74, 6) is -2.74. The van der Waals surface area contributed by atoms with Crippen molar-refractivity contribution in [3.8, 4) is 11.5 Å². The maximum atomic E-state index is 14.6. The Bertz CT molecular complexity index is 1470. The lowest BCUT2D eigenvalue weighted by molar-refractivity contribution is -0.241. The third kappa shape index (κ3) is 7.72. The molecule has 0 aliphatic carbocycles. The number of allylic oxidation sites excluding steroid dienone is 2. The highest BCUT2D eigenvalue weighted by Gasteiger charge is 2.57. The number of halogens is 5. The van der Waals surface area contributed by atoms with Gasteiger partial charge >= 0.3 is 6.18 Å². The molecule has 2 atom stereocenters. The second-order valence-corrected chi connectivity index (χ2v) is 10.2. The summed E-state index contributed by atoms with van der Waals surface area (Å²) in [4.78, 5) is 28.1. The highest BCUT2D eigenvalue weighted by Crippen LogP contribution is 2.39. The number of aliphatic hydroxyl groups is 1. The molecule has 0 saturated heterocycles. The van der Waals surface area contributed by atoms with Crippen molar-refractivity contribution in [3.05, 3.63) is 81.8 Å². The van der Waals surface area contributed by atoms with Crippen LogP contribution in [0.3, 0.4) is 0 Å². The third-order valence-electron chi connectivity index (χ3n) is 6.49. The summed E-state index contributed by atoms with van der Waals surface area (Å²) in [5, 5.41) is 13.0. The minimum Gasteiger partial charge on any atom is -0.493 e. The molecule has 2 aromatic rings. The molecule has 0 radical (unpaired) electrons. The van der Waals surface area contributed by atoms with Gasteiger partial charge in [0.05, 0.1) is 30.1 Å². The van der Waals surface area contributed by atoms with E-state index in [1.165, 1.54) is 50.6 Å². The Balaban J connectivity index is 2.04. The molecule has 2 amide bonds. The van der Waals surface area contributed by atoms with E-state index >= 15 is 0 Å². The number of nitrogens with two attached hydrogens (primary N) is 1. The molecule has 3 rings (SSSR count). The van der Waals surface area contributed by atoms with Crippen LogP contribution >= 0.6 is 11.6 Å². The number of nitrogens with one attached hydrogen (secondary N) is 1. The molecule has 1 aliphatic heterocycles. The topological polar surface area (TPSA) is 132 Å². The van der Waals surface area contributed by atoms with Crippen LogP contribution in [0.25, 0.3) is 0 Å². The molecular formula is C29H30ClF4N3O6. The van der Waals surface area contributed by atoms with E-state index in [1.807, 2.05) is 0 Å². The summed E-state index contributed by atoms with van der Waals surface area (Å²) in [6, 6.07) is 7.17. The van der Waals surface area contributed by atoms with Crippen LogP contribution in [0.1, 0.15) is 29.8 Å². The molecule has 43 heavy (non-hydrogen) atoms. The third-order valence-corrected chi connectivity index (χ3v) is 6.78. The van der Waals surface area contributed by atoms with Crippen LogP contribution in [-0.4, -0.2) is 67.9 Å². The fraction of sp³-hybridized carbons (Fsp3) is 0.345. The smallest absolute Gasteiger partial charge is 0.424 e. The Hall–Kier alpha value is -3.94. The van der Waals surface area contributed by atoms with E-state index in [4.69, 9.17) is 31.5 Å². The maximum Gasteiger partial charge on any atom is 0.424 e. The first kappa shape index (κ1) is 33.6. The summed E-state index contributed by atoms with van der Waals surface area (Å²) in [7, 11) is 2.57. The highest BCUT2D eigenvalue weighted by molar-refractivity contribution is 6.31. The quantitative estimate of drug-likeness (QED) is 0.317. The van der Waals surface area contributed by atoms with Gasteiger partial charge in [0.1, 0.15) is 11.9 Å². The molecule has 1 aliphatic rings. The van der Waals surface area contributed by atoms with Crippen molar-refractivity contribution >= 4 is 29.1 Å². The van der Waals surface area contributed by atoms with Crippen LogP contribution in [0.4, 0.5) is 17.6 Å². The van der Waals surface area contributed by atoms with Gasteiger partial charge in [-0.2, -0.15) is 13.2 Å². The fourth-order valence-electron chi connectivity index (χ4n) is 4.04. The summed E-state index contributed by atoms with van der Waals surface area (Å²) in [6.45, 7) is 1.66. The molecular weight excluding hydrogens is 598 g/mol. The Morgan fingerprint density at radius 2 is 1.84 bits per heavy atom. The van der Waals surface area contributed by atoms with Crippen molar-refractivity contribution in [2.75, 3.05) is 27.4 Å². The van der Waals surface area contributed by atoms with Crippen LogP contribution in [0.15, 0.2) is 64.8 Å². The lowest BCUT2D eigenvalue weighted by atomic mass is 9.93. The van der Waals surface area contributed by atoms with Crippen LogP contribution in [-0.2, 0) is 9.53 Å². The number of hydrogen-bond donors (Lipinski definition) is 3. The Morgan fingerprint density at radius 1 is 1.14 bits per heavy atom. The van der Waals surface area contributed by atoms with Crippen molar-refractivity contribution in [2.45, 2.75) is 31.7 Å². The number of aliphatic imine (C=N–C) groups is 1. The van der Waals surface area contributed by atoms with E-state index in [0.717, 1.165) is 12.1 Å². The molecule has 0 bridgehead atoms. The van der Waals surface area contributed by atoms with E-state index in [9.17, 15) is 32.3 Å². The highest BCUT2D eigenvalue weighted by atomic mass is 35.5. The van der Waals surface area contributed by atoms with Gasteiger partial charge < -0.3 is 30.4 Å².